The van der Waals surface area contributed by atoms with E-state index in [-0.39, 0.29) is 11.3 Å². The van der Waals surface area contributed by atoms with Crippen molar-refractivity contribution in [3.05, 3.63) is 69.0 Å². The molecule has 1 N–H and O–H groups in total. The van der Waals surface area contributed by atoms with Gasteiger partial charge in [-0.2, -0.15) is 0 Å². The molecule has 0 heterocycles. The number of nitrogens with one attached hydrogen (secondary N) is 1. The van der Waals surface area contributed by atoms with Crippen LogP contribution in [0, 0.1) is 29.8 Å². The molecule has 0 unspecified atom stereocenters. The van der Waals surface area contributed by atoms with Crippen LogP contribution in [0.4, 0.5) is 15.8 Å². The first-order valence-corrected chi connectivity index (χ1v) is 6.21. The van der Waals surface area contributed by atoms with Crippen molar-refractivity contribution in [1.82, 2.24) is 0 Å². The van der Waals surface area contributed by atoms with E-state index < -0.39 is 16.6 Å². The highest BCUT2D eigenvalue weighted by molar-refractivity contribution is 6.05. The lowest BCUT2D eigenvalue weighted by molar-refractivity contribution is -0.385. The summed E-state index contributed by atoms with van der Waals surface area (Å²) in [6, 6.07) is 8.24. The lowest BCUT2D eigenvalue weighted by Crippen LogP contribution is -2.13. The van der Waals surface area contributed by atoms with Gasteiger partial charge in [0.05, 0.1) is 4.92 Å². The Bertz CT molecular complexity index is 729. The molecule has 2 rings (SSSR count). The Labute approximate surface area is 120 Å². The molecule has 0 bridgehead atoms. The first kappa shape index (κ1) is 14.6. The number of hydrogen-bond donors (Lipinski definition) is 1. The molecule has 0 aliphatic heterocycles. The fourth-order valence-corrected chi connectivity index (χ4v) is 1.91. The van der Waals surface area contributed by atoms with Crippen molar-refractivity contribution in [2.24, 2.45) is 0 Å². The van der Waals surface area contributed by atoms with Gasteiger partial charge in [0, 0.05) is 22.9 Å². The van der Waals surface area contributed by atoms with E-state index in [1.165, 1.54) is 36.4 Å². The molecule has 0 saturated carbocycles. The largest absolute Gasteiger partial charge is 0.322 e. The maximum atomic E-state index is 13.0. The van der Waals surface area contributed by atoms with Gasteiger partial charge in [0.15, 0.2) is 0 Å². The number of benzene rings is 2. The van der Waals surface area contributed by atoms with E-state index in [9.17, 15) is 19.3 Å². The summed E-state index contributed by atoms with van der Waals surface area (Å²) in [6.07, 6.45) is 0. The van der Waals surface area contributed by atoms with Crippen LogP contribution >= 0.6 is 0 Å². The van der Waals surface area contributed by atoms with Gasteiger partial charge in [-0.3, -0.25) is 14.9 Å². The zero-order valence-electron chi connectivity index (χ0n) is 11.5. The highest BCUT2D eigenvalue weighted by Gasteiger charge is 2.15. The van der Waals surface area contributed by atoms with Gasteiger partial charge in [-0.25, -0.2) is 4.39 Å². The lowest BCUT2D eigenvalue weighted by atomic mass is 10.1. The van der Waals surface area contributed by atoms with Crippen LogP contribution in [-0.4, -0.2) is 10.8 Å². The summed E-state index contributed by atoms with van der Waals surface area (Å²) >= 11 is 0. The molecule has 0 saturated heterocycles. The number of hydrogen-bond acceptors (Lipinski definition) is 3. The maximum Gasteiger partial charge on any atom is 0.273 e. The Morgan fingerprint density at radius 3 is 2.48 bits per heavy atom. The van der Waals surface area contributed by atoms with E-state index in [1.807, 2.05) is 0 Å². The van der Waals surface area contributed by atoms with Crippen molar-refractivity contribution in [3.8, 4) is 0 Å². The molecule has 2 aromatic carbocycles. The number of nitro groups is 1. The zero-order chi connectivity index (χ0) is 15.6. The minimum absolute atomic E-state index is 0.113. The first-order valence-electron chi connectivity index (χ1n) is 6.21. The average molecular weight is 288 g/mol. The Kier molecular flexibility index (Phi) is 3.98. The predicted octanol–water partition coefficient (Wildman–Crippen LogP) is 3.60. The Balaban J connectivity index is 2.28. The van der Waals surface area contributed by atoms with Crippen LogP contribution in [0.5, 0.6) is 0 Å². The van der Waals surface area contributed by atoms with Gasteiger partial charge in [-0.15, -0.1) is 0 Å². The second-order valence-electron chi connectivity index (χ2n) is 4.67. The number of amides is 1. The number of anilines is 1. The number of carbonyl (C=O) groups excluding carboxylic acids is 1. The number of halogens is 1. The van der Waals surface area contributed by atoms with Crippen molar-refractivity contribution < 1.29 is 14.1 Å². The summed E-state index contributed by atoms with van der Waals surface area (Å²) in [5, 5.41) is 13.5. The molecule has 108 valence electrons. The molecule has 6 heteroatoms. The molecule has 0 aromatic heterocycles. The SMILES string of the molecule is Cc1cc(F)ccc1NC(=O)c1ccc(C)c([N+](=O)[O-])c1. The summed E-state index contributed by atoms with van der Waals surface area (Å²) in [5.41, 5.74) is 1.58. The molecule has 0 atom stereocenters. The molecule has 0 radical (unpaired) electrons. The van der Waals surface area contributed by atoms with Gasteiger partial charge in [-0.1, -0.05) is 6.07 Å². The van der Waals surface area contributed by atoms with Crippen LogP contribution in [0.25, 0.3) is 0 Å². The van der Waals surface area contributed by atoms with Crippen LogP contribution in [0.15, 0.2) is 36.4 Å². The number of carbonyl (C=O) groups is 1. The van der Waals surface area contributed by atoms with Crippen LogP contribution in [-0.2, 0) is 0 Å². The summed E-state index contributed by atoms with van der Waals surface area (Å²) in [5.74, 6) is -0.871. The van der Waals surface area contributed by atoms with Crippen molar-refractivity contribution in [3.63, 3.8) is 0 Å². The lowest BCUT2D eigenvalue weighted by Gasteiger charge is -2.08. The minimum atomic E-state index is -0.532. The van der Waals surface area contributed by atoms with Crippen LogP contribution in [0.1, 0.15) is 21.5 Å². The summed E-state index contributed by atoms with van der Waals surface area (Å²) in [6.45, 7) is 3.26. The second-order valence-corrected chi connectivity index (χ2v) is 4.67. The van der Waals surface area contributed by atoms with Gasteiger partial charge in [0.2, 0.25) is 0 Å². The van der Waals surface area contributed by atoms with Crippen molar-refractivity contribution in [1.29, 1.82) is 0 Å². The van der Waals surface area contributed by atoms with E-state index in [4.69, 9.17) is 0 Å². The van der Waals surface area contributed by atoms with E-state index in [1.54, 1.807) is 13.8 Å². The van der Waals surface area contributed by atoms with E-state index >= 15 is 0 Å². The van der Waals surface area contributed by atoms with Crippen molar-refractivity contribution >= 4 is 17.3 Å². The zero-order valence-corrected chi connectivity index (χ0v) is 11.5. The Morgan fingerprint density at radius 2 is 1.86 bits per heavy atom. The number of nitro benzene ring substituents is 1. The van der Waals surface area contributed by atoms with Crippen molar-refractivity contribution in [2.45, 2.75) is 13.8 Å². The topological polar surface area (TPSA) is 72.2 Å². The highest BCUT2D eigenvalue weighted by Crippen LogP contribution is 2.21. The molecule has 0 spiro atoms. The maximum absolute atomic E-state index is 13.0. The Morgan fingerprint density at radius 1 is 1.14 bits per heavy atom. The van der Waals surface area contributed by atoms with Crippen molar-refractivity contribution in [2.75, 3.05) is 5.32 Å². The molecule has 21 heavy (non-hydrogen) atoms. The molecule has 2 aromatic rings. The number of rotatable bonds is 3. The average Bonchev–Trinajstić information content (AvgIpc) is 2.42. The molecule has 1 amide bonds. The summed E-state index contributed by atoms with van der Waals surface area (Å²) in [7, 11) is 0. The van der Waals surface area contributed by atoms with Gasteiger partial charge >= 0.3 is 0 Å². The third-order valence-corrected chi connectivity index (χ3v) is 3.10. The quantitative estimate of drug-likeness (QED) is 0.692. The monoisotopic (exact) mass is 288 g/mol. The standard InChI is InChI=1S/C15H13FN2O3/c1-9-3-4-11(8-14(9)18(20)21)15(19)17-13-6-5-12(16)7-10(13)2/h3-8H,1-2H3,(H,17,19). The van der Waals surface area contributed by atoms with E-state index in [0.717, 1.165) is 0 Å². The summed E-state index contributed by atoms with van der Waals surface area (Å²) < 4.78 is 13.0. The number of nitrogens with zero attached hydrogens (tertiary/aromatic N) is 1. The molecule has 0 aliphatic carbocycles. The molecular formula is C15H13FN2O3. The predicted molar refractivity (Wildman–Crippen MR) is 76.9 cm³/mol. The van der Waals surface area contributed by atoms with Crippen LogP contribution < -0.4 is 5.32 Å². The van der Waals surface area contributed by atoms with E-state index in [2.05, 4.69) is 5.32 Å². The first-order chi connectivity index (χ1) is 9.88. The van der Waals surface area contributed by atoms with E-state index in [0.29, 0.717) is 16.8 Å². The van der Waals surface area contributed by atoms with Crippen LogP contribution in [0.2, 0.25) is 0 Å². The smallest absolute Gasteiger partial charge is 0.273 e. The molecule has 0 fully saturated rings. The van der Waals surface area contributed by atoms with Gasteiger partial charge in [-0.05, 0) is 43.7 Å². The second kappa shape index (κ2) is 5.70. The molecule has 0 aliphatic rings. The third kappa shape index (κ3) is 3.22. The fourth-order valence-electron chi connectivity index (χ4n) is 1.91. The molecular weight excluding hydrogens is 275 g/mol. The third-order valence-electron chi connectivity index (χ3n) is 3.10. The van der Waals surface area contributed by atoms with Gasteiger partial charge in [0.1, 0.15) is 5.82 Å². The number of aryl methyl sites for hydroxylation is 2. The minimum Gasteiger partial charge on any atom is -0.322 e. The normalized spacial score (nSPS) is 10.2. The Hall–Kier alpha value is -2.76. The van der Waals surface area contributed by atoms with Gasteiger partial charge < -0.3 is 5.32 Å². The fraction of sp³-hybridized carbons (Fsp3) is 0.133. The van der Waals surface area contributed by atoms with Gasteiger partial charge in [0.25, 0.3) is 11.6 Å². The van der Waals surface area contributed by atoms with Crippen LogP contribution in [0.3, 0.4) is 0 Å². The molecule has 5 nitrogen and oxygen atoms in total. The summed E-state index contributed by atoms with van der Waals surface area (Å²) in [4.78, 5) is 22.5. The highest BCUT2D eigenvalue weighted by atomic mass is 19.1.